The van der Waals surface area contributed by atoms with Crippen molar-refractivity contribution in [3.8, 4) is 0 Å². The standard InChI is InChI=1S/C12H25NO3S/c1-12(2,10-14)13(3)17(15,16)9-11-7-5-4-6-8-11/h11,14H,4-10H2,1-3H3. The molecule has 0 bridgehead atoms. The molecule has 0 aromatic rings. The van der Waals surface area contributed by atoms with Crippen LogP contribution < -0.4 is 0 Å². The third-order valence-corrected chi connectivity index (χ3v) is 6.05. The van der Waals surface area contributed by atoms with Crippen LogP contribution in [0.4, 0.5) is 0 Å². The summed E-state index contributed by atoms with van der Waals surface area (Å²) in [5.74, 6) is 0.526. The quantitative estimate of drug-likeness (QED) is 0.819. The summed E-state index contributed by atoms with van der Waals surface area (Å²) in [6, 6.07) is 0. The maximum Gasteiger partial charge on any atom is 0.214 e. The third-order valence-electron chi connectivity index (χ3n) is 3.83. The molecule has 0 radical (unpaired) electrons. The lowest BCUT2D eigenvalue weighted by Crippen LogP contribution is -2.49. The molecule has 4 nitrogen and oxygen atoms in total. The Balaban J connectivity index is 2.67. The fourth-order valence-electron chi connectivity index (χ4n) is 2.24. The molecule has 0 aromatic carbocycles. The van der Waals surface area contributed by atoms with E-state index in [1.807, 2.05) is 0 Å². The Labute approximate surface area is 105 Å². The van der Waals surface area contributed by atoms with Gasteiger partial charge >= 0.3 is 0 Å². The van der Waals surface area contributed by atoms with E-state index in [0.717, 1.165) is 25.7 Å². The molecule has 0 unspecified atom stereocenters. The van der Waals surface area contributed by atoms with Crippen LogP contribution in [0.25, 0.3) is 0 Å². The maximum atomic E-state index is 12.2. The Kier molecular flexibility index (Phi) is 4.98. The van der Waals surface area contributed by atoms with Gasteiger partial charge in [-0.2, -0.15) is 4.31 Å². The molecule has 1 fully saturated rings. The largest absolute Gasteiger partial charge is 0.394 e. The first-order valence-electron chi connectivity index (χ1n) is 6.37. The zero-order valence-corrected chi connectivity index (χ0v) is 12.0. The van der Waals surface area contributed by atoms with Crippen molar-refractivity contribution in [2.75, 3.05) is 19.4 Å². The minimum atomic E-state index is -3.26. The van der Waals surface area contributed by atoms with E-state index in [0.29, 0.717) is 5.92 Å². The van der Waals surface area contributed by atoms with Gasteiger partial charge in [0.05, 0.1) is 17.9 Å². The van der Waals surface area contributed by atoms with Gasteiger partial charge in [-0.05, 0) is 32.6 Å². The van der Waals surface area contributed by atoms with Crippen molar-refractivity contribution in [2.45, 2.75) is 51.5 Å². The normalized spacial score (nSPS) is 19.8. The molecule has 0 aromatic heterocycles. The van der Waals surface area contributed by atoms with E-state index in [1.165, 1.54) is 10.7 Å². The fourth-order valence-corrected chi connectivity index (χ4v) is 4.20. The van der Waals surface area contributed by atoms with Crippen molar-refractivity contribution in [3.63, 3.8) is 0 Å². The average molecular weight is 263 g/mol. The summed E-state index contributed by atoms with van der Waals surface area (Å²) in [5.41, 5.74) is -0.715. The first kappa shape index (κ1) is 14.9. The van der Waals surface area contributed by atoms with Crippen LogP contribution >= 0.6 is 0 Å². The molecule has 1 N–H and O–H groups in total. The molecule has 0 spiro atoms. The summed E-state index contributed by atoms with van der Waals surface area (Å²) in [6.07, 6.45) is 5.56. The summed E-state index contributed by atoms with van der Waals surface area (Å²) >= 11 is 0. The van der Waals surface area contributed by atoms with Gasteiger partial charge in [0.1, 0.15) is 0 Å². The summed E-state index contributed by atoms with van der Waals surface area (Å²) in [4.78, 5) is 0. The Hall–Kier alpha value is -0.130. The average Bonchev–Trinajstić information content (AvgIpc) is 2.28. The lowest BCUT2D eigenvalue weighted by molar-refractivity contribution is 0.137. The van der Waals surface area contributed by atoms with Crippen LogP contribution in [-0.2, 0) is 10.0 Å². The number of aliphatic hydroxyl groups is 1. The second-order valence-electron chi connectivity index (χ2n) is 5.72. The highest BCUT2D eigenvalue weighted by Crippen LogP contribution is 2.27. The van der Waals surface area contributed by atoms with Crippen LogP contribution in [-0.4, -0.2) is 42.8 Å². The van der Waals surface area contributed by atoms with E-state index in [9.17, 15) is 13.5 Å². The lowest BCUT2D eigenvalue weighted by atomic mass is 9.91. The summed E-state index contributed by atoms with van der Waals surface area (Å²) in [5, 5.41) is 9.23. The van der Waals surface area contributed by atoms with E-state index >= 15 is 0 Å². The van der Waals surface area contributed by atoms with Gasteiger partial charge in [-0.25, -0.2) is 8.42 Å². The molecule has 0 heterocycles. The molecule has 0 atom stereocenters. The minimum absolute atomic E-state index is 0.159. The molecular formula is C12H25NO3S. The van der Waals surface area contributed by atoms with Crippen LogP contribution in [0.5, 0.6) is 0 Å². The van der Waals surface area contributed by atoms with Gasteiger partial charge in [0, 0.05) is 7.05 Å². The second kappa shape index (κ2) is 5.67. The van der Waals surface area contributed by atoms with Crippen molar-refractivity contribution in [1.29, 1.82) is 0 Å². The second-order valence-corrected chi connectivity index (χ2v) is 7.77. The summed E-state index contributed by atoms with van der Waals surface area (Å²) in [6.45, 7) is 3.32. The lowest BCUT2D eigenvalue weighted by Gasteiger charge is -2.34. The van der Waals surface area contributed by atoms with Gasteiger partial charge < -0.3 is 5.11 Å². The SMILES string of the molecule is CN(C(C)(C)CO)S(=O)(=O)CC1CCCCC1. The van der Waals surface area contributed by atoms with Crippen LogP contribution in [0.1, 0.15) is 46.0 Å². The molecule has 1 aliphatic rings. The Morgan fingerprint density at radius 1 is 1.24 bits per heavy atom. The molecule has 1 rings (SSSR count). The highest BCUT2D eigenvalue weighted by Gasteiger charge is 2.34. The minimum Gasteiger partial charge on any atom is -0.394 e. The molecule has 0 amide bonds. The van der Waals surface area contributed by atoms with Gasteiger partial charge in [-0.3, -0.25) is 0 Å². The summed E-state index contributed by atoms with van der Waals surface area (Å²) < 4.78 is 25.8. The molecule has 17 heavy (non-hydrogen) atoms. The van der Waals surface area contributed by atoms with Crippen molar-refractivity contribution < 1.29 is 13.5 Å². The number of hydrogen-bond donors (Lipinski definition) is 1. The van der Waals surface area contributed by atoms with Gasteiger partial charge in [0.25, 0.3) is 0 Å². The number of rotatable bonds is 5. The zero-order chi connectivity index (χ0) is 13.1. The van der Waals surface area contributed by atoms with Crippen molar-refractivity contribution in [3.05, 3.63) is 0 Å². The number of likely N-dealkylation sites (N-methyl/N-ethyl adjacent to an activating group) is 1. The summed E-state index contributed by atoms with van der Waals surface area (Å²) in [7, 11) is -1.69. The van der Waals surface area contributed by atoms with Gasteiger partial charge in [0.2, 0.25) is 10.0 Å². The van der Waals surface area contributed by atoms with E-state index in [1.54, 1.807) is 20.9 Å². The highest BCUT2D eigenvalue weighted by molar-refractivity contribution is 7.89. The number of nitrogens with zero attached hydrogens (tertiary/aromatic N) is 1. The molecule has 0 aliphatic heterocycles. The first-order valence-corrected chi connectivity index (χ1v) is 7.98. The van der Waals surface area contributed by atoms with Crippen LogP contribution in [0.15, 0.2) is 0 Å². The highest BCUT2D eigenvalue weighted by atomic mass is 32.2. The van der Waals surface area contributed by atoms with Gasteiger partial charge in [-0.15, -0.1) is 0 Å². The molecule has 5 heteroatoms. The fraction of sp³-hybridized carbons (Fsp3) is 1.00. The van der Waals surface area contributed by atoms with E-state index in [4.69, 9.17) is 0 Å². The molecule has 1 aliphatic carbocycles. The smallest absolute Gasteiger partial charge is 0.214 e. The van der Waals surface area contributed by atoms with E-state index in [-0.39, 0.29) is 12.4 Å². The number of aliphatic hydroxyl groups excluding tert-OH is 1. The molecule has 0 saturated heterocycles. The number of sulfonamides is 1. The predicted octanol–water partition coefficient (Wildman–Crippen LogP) is 1.60. The molecular weight excluding hydrogens is 238 g/mol. The van der Waals surface area contributed by atoms with E-state index in [2.05, 4.69) is 0 Å². The molecule has 102 valence electrons. The van der Waals surface area contributed by atoms with Gasteiger partial charge in [0.15, 0.2) is 0 Å². The van der Waals surface area contributed by atoms with Gasteiger partial charge in [-0.1, -0.05) is 19.3 Å². The Bertz CT molecular complexity index is 332. The van der Waals surface area contributed by atoms with Crippen LogP contribution in [0.2, 0.25) is 0 Å². The molecule has 1 saturated carbocycles. The van der Waals surface area contributed by atoms with Crippen molar-refractivity contribution in [2.24, 2.45) is 5.92 Å². The first-order chi connectivity index (χ1) is 7.79. The predicted molar refractivity (Wildman–Crippen MR) is 69.3 cm³/mol. The van der Waals surface area contributed by atoms with Crippen LogP contribution in [0, 0.1) is 5.92 Å². The third kappa shape index (κ3) is 3.93. The van der Waals surface area contributed by atoms with Crippen LogP contribution in [0.3, 0.4) is 0 Å². The number of hydrogen-bond acceptors (Lipinski definition) is 3. The maximum absolute atomic E-state index is 12.2. The van der Waals surface area contributed by atoms with Crippen molar-refractivity contribution >= 4 is 10.0 Å². The zero-order valence-electron chi connectivity index (χ0n) is 11.1. The Morgan fingerprint density at radius 2 is 1.76 bits per heavy atom. The topological polar surface area (TPSA) is 57.6 Å². The monoisotopic (exact) mass is 263 g/mol. The van der Waals surface area contributed by atoms with E-state index < -0.39 is 15.6 Å². The Morgan fingerprint density at radius 3 is 2.24 bits per heavy atom. The van der Waals surface area contributed by atoms with Crippen molar-refractivity contribution in [1.82, 2.24) is 4.31 Å².